The molecule has 2 aromatic heterocycles. The van der Waals surface area contributed by atoms with Crippen molar-refractivity contribution in [2.75, 3.05) is 50.1 Å². The molecule has 1 fully saturated rings. The van der Waals surface area contributed by atoms with Gasteiger partial charge in [-0.3, -0.25) is 14.2 Å². The highest BCUT2D eigenvalue weighted by molar-refractivity contribution is 5.88. The molecule has 1 aliphatic rings. The number of amides is 2. The Morgan fingerprint density at radius 1 is 1.17 bits per heavy atom. The van der Waals surface area contributed by atoms with Crippen molar-refractivity contribution in [2.24, 2.45) is 5.73 Å². The largest absolute Gasteiger partial charge is 0.378 e. The maximum atomic E-state index is 14.0. The number of anilines is 2. The number of rotatable bonds is 8. The minimum absolute atomic E-state index is 0.0651. The number of ether oxygens (including phenoxy) is 1. The first kappa shape index (κ1) is 24.3. The van der Waals surface area contributed by atoms with Crippen LogP contribution in [0.1, 0.15) is 19.2 Å². The van der Waals surface area contributed by atoms with Crippen LogP contribution in [0.25, 0.3) is 16.9 Å². The summed E-state index contributed by atoms with van der Waals surface area (Å²) in [5.41, 5.74) is 6.05. The van der Waals surface area contributed by atoms with Crippen LogP contribution in [0.15, 0.2) is 30.3 Å². The molecule has 1 aliphatic heterocycles. The zero-order valence-corrected chi connectivity index (χ0v) is 19.3. The van der Waals surface area contributed by atoms with Crippen molar-refractivity contribution in [1.29, 1.82) is 0 Å². The number of primary amides is 1. The number of hydrogen-bond acceptors (Lipinski definition) is 8. The number of carbonyl (C=O) groups excluding carboxylic acids is 2. The van der Waals surface area contributed by atoms with Gasteiger partial charge in [0.25, 0.3) is 6.43 Å². The second-order valence-electron chi connectivity index (χ2n) is 8.13. The third kappa shape index (κ3) is 5.29. The molecule has 1 atom stereocenters. The van der Waals surface area contributed by atoms with E-state index in [0.717, 1.165) is 0 Å². The molecular formula is C22H26F2N8O3. The van der Waals surface area contributed by atoms with Crippen LogP contribution in [0.3, 0.4) is 0 Å². The first-order valence-electron chi connectivity index (χ1n) is 11.0. The van der Waals surface area contributed by atoms with Crippen LogP contribution in [-0.4, -0.2) is 82.2 Å². The van der Waals surface area contributed by atoms with Crippen LogP contribution in [0.2, 0.25) is 0 Å². The van der Waals surface area contributed by atoms with E-state index in [-0.39, 0.29) is 18.3 Å². The van der Waals surface area contributed by atoms with Crippen LogP contribution in [-0.2, 0) is 14.3 Å². The Morgan fingerprint density at radius 3 is 2.54 bits per heavy atom. The van der Waals surface area contributed by atoms with Gasteiger partial charge in [-0.2, -0.15) is 9.97 Å². The summed E-state index contributed by atoms with van der Waals surface area (Å²) in [5.74, 6) is -0.772. The van der Waals surface area contributed by atoms with E-state index >= 15 is 0 Å². The summed E-state index contributed by atoms with van der Waals surface area (Å²) in [7, 11) is 1.45. The van der Waals surface area contributed by atoms with E-state index in [1.807, 2.05) is 4.90 Å². The quantitative estimate of drug-likeness (QED) is 0.486. The molecular weight excluding hydrogens is 462 g/mol. The molecule has 0 radical (unpaired) electrons. The molecule has 0 spiro atoms. The van der Waals surface area contributed by atoms with Crippen molar-refractivity contribution >= 4 is 34.6 Å². The van der Waals surface area contributed by atoms with Crippen molar-refractivity contribution < 1.29 is 23.1 Å². The van der Waals surface area contributed by atoms with E-state index in [0.29, 0.717) is 43.2 Å². The first-order valence-corrected chi connectivity index (χ1v) is 11.0. The summed E-state index contributed by atoms with van der Waals surface area (Å²) >= 11 is 0. The minimum Gasteiger partial charge on any atom is -0.378 e. The second kappa shape index (κ2) is 10.2. The second-order valence-corrected chi connectivity index (χ2v) is 8.13. The maximum absolute atomic E-state index is 14.0. The molecule has 2 amide bonds. The lowest BCUT2D eigenvalue weighted by Crippen LogP contribution is -2.43. The number of imidazole rings is 1. The maximum Gasteiger partial charge on any atom is 0.296 e. The molecule has 3 N–H and O–H groups in total. The fraction of sp³-hybridized carbons (Fsp3) is 0.409. The van der Waals surface area contributed by atoms with E-state index < -0.39 is 30.1 Å². The molecule has 0 unspecified atom stereocenters. The number of halogens is 2. The number of para-hydroxylation sites is 2. The van der Waals surface area contributed by atoms with E-state index in [1.165, 1.54) is 16.5 Å². The van der Waals surface area contributed by atoms with Crippen molar-refractivity contribution in [3.05, 3.63) is 36.2 Å². The summed E-state index contributed by atoms with van der Waals surface area (Å²) in [6.45, 7) is 3.43. The lowest BCUT2D eigenvalue weighted by molar-refractivity contribution is -0.134. The number of alkyl halides is 2. The number of morpholine rings is 1. The number of benzene rings is 1. The zero-order valence-electron chi connectivity index (χ0n) is 19.3. The highest BCUT2D eigenvalue weighted by Gasteiger charge is 2.25. The molecule has 0 bridgehead atoms. The van der Waals surface area contributed by atoms with Crippen LogP contribution in [0.5, 0.6) is 0 Å². The lowest BCUT2D eigenvalue weighted by Gasteiger charge is -2.28. The summed E-state index contributed by atoms with van der Waals surface area (Å²) in [6, 6.07) is 7.58. The van der Waals surface area contributed by atoms with Gasteiger partial charge in [-0.1, -0.05) is 12.1 Å². The Kier molecular flexibility index (Phi) is 7.05. The van der Waals surface area contributed by atoms with Gasteiger partial charge in [0, 0.05) is 26.2 Å². The average molecular weight is 488 g/mol. The Morgan fingerprint density at radius 2 is 1.86 bits per heavy atom. The van der Waals surface area contributed by atoms with Gasteiger partial charge in [0.15, 0.2) is 5.82 Å². The number of aromatic nitrogens is 4. The van der Waals surface area contributed by atoms with E-state index in [2.05, 4.69) is 20.3 Å². The van der Waals surface area contributed by atoms with Gasteiger partial charge in [0.05, 0.1) is 30.8 Å². The molecule has 3 heterocycles. The van der Waals surface area contributed by atoms with Crippen molar-refractivity contribution in [3.63, 3.8) is 0 Å². The molecule has 3 aromatic rings. The summed E-state index contributed by atoms with van der Waals surface area (Å²) in [5, 5.41) is 2.93. The molecule has 13 heteroatoms. The van der Waals surface area contributed by atoms with Crippen LogP contribution < -0.4 is 16.0 Å². The monoisotopic (exact) mass is 488 g/mol. The fourth-order valence-corrected chi connectivity index (χ4v) is 3.88. The van der Waals surface area contributed by atoms with Gasteiger partial charge in [-0.25, -0.2) is 13.8 Å². The van der Waals surface area contributed by atoms with E-state index in [9.17, 15) is 18.4 Å². The molecule has 1 aromatic carbocycles. The number of fused-ring (bicyclic) bond motifs is 1. The lowest BCUT2D eigenvalue weighted by atomic mass is 10.3. The van der Waals surface area contributed by atoms with E-state index in [1.54, 1.807) is 37.3 Å². The number of likely N-dealkylation sites (N-methyl/N-ethyl adjacent to an activating group) is 1. The SMILES string of the molecule is C[C@H](Nc1nc(N2CCOCC2)cc(-n2c(C(F)F)nc3ccccc32)n1)C(=O)N(C)CC(N)=O. The van der Waals surface area contributed by atoms with Crippen molar-refractivity contribution in [3.8, 4) is 5.82 Å². The summed E-state index contributed by atoms with van der Waals surface area (Å²) < 4.78 is 34.6. The molecule has 4 rings (SSSR count). The molecule has 0 saturated carbocycles. The number of nitrogens with one attached hydrogen (secondary N) is 1. The third-order valence-corrected chi connectivity index (χ3v) is 5.53. The normalized spacial score (nSPS) is 14.8. The highest BCUT2D eigenvalue weighted by atomic mass is 19.3. The fourth-order valence-electron chi connectivity index (χ4n) is 3.88. The number of hydrogen-bond donors (Lipinski definition) is 2. The van der Waals surface area contributed by atoms with Gasteiger partial charge in [0.2, 0.25) is 17.8 Å². The summed E-state index contributed by atoms with van der Waals surface area (Å²) in [6.07, 6.45) is -2.84. The van der Waals surface area contributed by atoms with Gasteiger partial charge in [-0.15, -0.1) is 0 Å². The van der Waals surface area contributed by atoms with Crippen LogP contribution in [0.4, 0.5) is 20.5 Å². The topological polar surface area (TPSA) is 131 Å². The molecule has 1 saturated heterocycles. The molecule has 35 heavy (non-hydrogen) atoms. The number of nitrogens with zero attached hydrogens (tertiary/aromatic N) is 6. The zero-order chi connectivity index (χ0) is 25.1. The predicted octanol–water partition coefficient (Wildman–Crippen LogP) is 1.33. The Labute approximate surface area is 199 Å². The Balaban J connectivity index is 1.77. The first-order chi connectivity index (χ1) is 16.7. The van der Waals surface area contributed by atoms with E-state index in [4.69, 9.17) is 10.5 Å². The van der Waals surface area contributed by atoms with Crippen LogP contribution in [0, 0.1) is 0 Å². The average Bonchev–Trinajstić information content (AvgIpc) is 3.23. The Bertz CT molecular complexity index is 1230. The third-order valence-electron chi connectivity index (χ3n) is 5.53. The van der Waals surface area contributed by atoms with Crippen molar-refractivity contribution in [2.45, 2.75) is 19.4 Å². The standard InChI is InChI=1S/C22H26F2N8O3/c1-13(21(34)30(2)12-16(25)33)26-22-28-17(31-7-9-35-10-8-31)11-18(29-22)32-15-6-4-3-5-14(15)27-20(32)19(23)24/h3-6,11,13,19H,7-10,12H2,1-2H3,(H2,25,33)(H,26,28,29)/t13-/m0/s1. The van der Waals surface area contributed by atoms with Gasteiger partial charge in [0.1, 0.15) is 17.7 Å². The highest BCUT2D eigenvalue weighted by Crippen LogP contribution is 2.29. The number of nitrogens with two attached hydrogens (primary N) is 1. The van der Waals surface area contributed by atoms with Crippen molar-refractivity contribution in [1.82, 2.24) is 24.4 Å². The summed E-state index contributed by atoms with van der Waals surface area (Å²) in [4.78, 5) is 40.1. The molecule has 0 aliphatic carbocycles. The number of carbonyl (C=O) groups is 2. The predicted molar refractivity (Wildman–Crippen MR) is 125 cm³/mol. The smallest absolute Gasteiger partial charge is 0.296 e. The Hall–Kier alpha value is -3.87. The van der Waals surface area contributed by atoms with Crippen LogP contribution >= 0.6 is 0 Å². The van der Waals surface area contributed by atoms with Gasteiger partial charge >= 0.3 is 0 Å². The molecule has 11 nitrogen and oxygen atoms in total. The van der Waals surface area contributed by atoms with Gasteiger partial charge < -0.3 is 25.6 Å². The van der Waals surface area contributed by atoms with Gasteiger partial charge in [-0.05, 0) is 19.1 Å². The molecule has 186 valence electrons. The minimum atomic E-state index is -2.84.